The molecule has 4 heteroatoms. The van der Waals surface area contributed by atoms with Crippen molar-refractivity contribution in [2.75, 3.05) is 6.54 Å². The Balaban J connectivity index is 2.36. The Kier molecular flexibility index (Phi) is 5.13. The van der Waals surface area contributed by atoms with Crippen LogP contribution < -0.4 is 5.32 Å². The topological polar surface area (TPSA) is 12.0 Å². The summed E-state index contributed by atoms with van der Waals surface area (Å²) in [7, 11) is 0. The number of benzene rings is 1. The van der Waals surface area contributed by atoms with Gasteiger partial charge in [0.1, 0.15) is 5.82 Å². The molecule has 2 aromatic rings. The molecule has 1 aromatic carbocycles. The van der Waals surface area contributed by atoms with Crippen molar-refractivity contribution >= 4 is 27.3 Å². The van der Waals surface area contributed by atoms with Crippen LogP contribution >= 0.6 is 27.3 Å². The first-order valence-electron chi connectivity index (χ1n) is 6.35. The lowest BCUT2D eigenvalue weighted by Crippen LogP contribution is -2.23. The van der Waals surface area contributed by atoms with Crippen molar-refractivity contribution in [2.45, 2.75) is 26.3 Å². The third-order valence-electron chi connectivity index (χ3n) is 2.96. The molecule has 0 aliphatic rings. The first kappa shape index (κ1) is 14.7. The van der Waals surface area contributed by atoms with Crippen molar-refractivity contribution in [1.82, 2.24) is 5.32 Å². The summed E-state index contributed by atoms with van der Waals surface area (Å²) in [4.78, 5) is 1.25. The first-order chi connectivity index (χ1) is 9.11. The van der Waals surface area contributed by atoms with E-state index in [0.717, 1.165) is 23.0 Å². The van der Waals surface area contributed by atoms with E-state index >= 15 is 0 Å². The lowest BCUT2D eigenvalue weighted by molar-refractivity contribution is 0.547. The molecule has 0 bridgehead atoms. The Bertz CT molecular complexity index is 553. The van der Waals surface area contributed by atoms with Crippen LogP contribution in [0.1, 0.15) is 35.4 Å². The average Bonchev–Trinajstić information content (AvgIpc) is 2.78. The van der Waals surface area contributed by atoms with Crippen molar-refractivity contribution < 1.29 is 4.39 Å². The predicted molar refractivity (Wildman–Crippen MR) is 83.3 cm³/mol. The van der Waals surface area contributed by atoms with Crippen molar-refractivity contribution in [3.63, 3.8) is 0 Å². The number of hydrogen-bond donors (Lipinski definition) is 1. The second-order valence-corrected chi connectivity index (χ2v) is 6.57. The summed E-state index contributed by atoms with van der Waals surface area (Å²) in [6.45, 7) is 5.05. The van der Waals surface area contributed by atoms with E-state index in [9.17, 15) is 4.39 Å². The molecule has 1 aromatic heterocycles. The van der Waals surface area contributed by atoms with Crippen molar-refractivity contribution in [2.24, 2.45) is 0 Å². The molecular weight excluding hydrogens is 325 g/mol. The first-order valence-corrected chi connectivity index (χ1v) is 8.02. The zero-order valence-electron chi connectivity index (χ0n) is 11.0. The third-order valence-corrected chi connectivity index (χ3v) is 4.33. The van der Waals surface area contributed by atoms with Crippen LogP contribution in [0.2, 0.25) is 0 Å². The summed E-state index contributed by atoms with van der Waals surface area (Å²) in [6.07, 6.45) is 1.03. The van der Waals surface area contributed by atoms with Gasteiger partial charge < -0.3 is 5.32 Å². The van der Waals surface area contributed by atoms with Gasteiger partial charge in [0, 0.05) is 14.9 Å². The number of aryl methyl sites for hydroxylation is 1. The Labute approximate surface area is 126 Å². The van der Waals surface area contributed by atoms with Gasteiger partial charge in [0.2, 0.25) is 0 Å². The van der Waals surface area contributed by atoms with Gasteiger partial charge in [-0.2, -0.15) is 0 Å². The maximum absolute atomic E-state index is 14.2. The van der Waals surface area contributed by atoms with Gasteiger partial charge in [-0.1, -0.05) is 28.9 Å². The largest absolute Gasteiger partial charge is 0.306 e. The fourth-order valence-electron chi connectivity index (χ4n) is 2.05. The second kappa shape index (κ2) is 6.64. The molecule has 0 aliphatic carbocycles. The van der Waals surface area contributed by atoms with E-state index in [-0.39, 0.29) is 11.9 Å². The van der Waals surface area contributed by atoms with Crippen molar-refractivity contribution in [1.29, 1.82) is 0 Å². The maximum atomic E-state index is 14.2. The number of thiophene rings is 1. The number of hydrogen-bond acceptors (Lipinski definition) is 2. The fraction of sp³-hybridized carbons (Fsp3) is 0.333. The summed E-state index contributed by atoms with van der Waals surface area (Å²) in [5.41, 5.74) is 1.84. The summed E-state index contributed by atoms with van der Waals surface area (Å²) < 4.78 is 14.9. The summed E-state index contributed by atoms with van der Waals surface area (Å²) in [5.74, 6) is -0.174. The minimum absolute atomic E-state index is 0.0713. The molecule has 0 aliphatic heterocycles. The van der Waals surface area contributed by atoms with Gasteiger partial charge in [0.15, 0.2) is 0 Å². The molecular formula is C15H17BrFNS. The Morgan fingerprint density at radius 1 is 1.37 bits per heavy atom. The molecule has 2 rings (SSSR count). The molecule has 1 heterocycles. The third kappa shape index (κ3) is 3.65. The van der Waals surface area contributed by atoms with E-state index in [1.165, 1.54) is 10.9 Å². The number of halogens is 2. The monoisotopic (exact) mass is 341 g/mol. The van der Waals surface area contributed by atoms with Gasteiger partial charge in [0.25, 0.3) is 0 Å². The molecule has 0 amide bonds. The van der Waals surface area contributed by atoms with Gasteiger partial charge in [-0.15, -0.1) is 11.3 Å². The van der Waals surface area contributed by atoms with E-state index in [0.29, 0.717) is 5.56 Å². The average molecular weight is 342 g/mol. The van der Waals surface area contributed by atoms with E-state index < -0.39 is 0 Å². The van der Waals surface area contributed by atoms with Gasteiger partial charge in [0.05, 0.1) is 6.04 Å². The normalized spacial score (nSPS) is 12.6. The SMILES string of the molecule is CCCNC(c1csc(C)c1)c1ccc(Br)cc1F. The van der Waals surface area contributed by atoms with Crippen molar-refractivity contribution in [3.8, 4) is 0 Å². The van der Waals surface area contributed by atoms with Crippen LogP contribution in [0.4, 0.5) is 4.39 Å². The van der Waals surface area contributed by atoms with Crippen LogP contribution in [-0.4, -0.2) is 6.54 Å². The van der Waals surface area contributed by atoms with E-state index in [1.54, 1.807) is 11.3 Å². The Morgan fingerprint density at radius 2 is 2.16 bits per heavy atom. The van der Waals surface area contributed by atoms with E-state index in [2.05, 4.69) is 46.5 Å². The maximum Gasteiger partial charge on any atom is 0.129 e. The Hall–Kier alpha value is -0.710. The molecule has 0 radical (unpaired) electrons. The Morgan fingerprint density at radius 3 is 2.74 bits per heavy atom. The molecule has 102 valence electrons. The van der Waals surface area contributed by atoms with E-state index in [4.69, 9.17) is 0 Å². The number of nitrogens with one attached hydrogen (secondary N) is 1. The van der Waals surface area contributed by atoms with Gasteiger partial charge in [-0.05, 0) is 49.0 Å². The molecule has 19 heavy (non-hydrogen) atoms. The lowest BCUT2D eigenvalue weighted by atomic mass is 10.0. The van der Waals surface area contributed by atoms with Crippen LogP contribution in [-0.2, 0) is 0 Å². The van der Waals surface area contributed by atoms with Crippen LogP contribution in [0.3, 0.4) is 0 Å². The highest BCUT2D eigenvalue weighted by Crippen LogP contribution is 2.29. The smallest absolute Gasteiger partial charge is 0.129 e. The minimum atomic E-state index is -0.174. The molecule has 0 fully saturated rings. The molecule has 0 saturated carbocycles. The fourth-order valence-corrected chi connectivity index (χ4v) is 3.11. The quantitative estimate of drug-likeness (QED) is 0.802. The van der Waals surface area contributed by atoms with Gasteiger partial charge in [-0.3, -0.25) is 0 Å². The standard InChI is InChI=1S/C15H17BrFNS/c1-3-6-18-15(11-7-10(2)19-9-11)13-5-4-12(16)8-14(13)17/h4-5,7-9,15,18H,3,6H2,1-2H3. The van der Waals surface area contributed by atoms with E-state index in [1.807, 2.05) is 12.1 Å². The lowest BCUT2D eigenvalue weighted by Gasteiger charge is -2.19. The zero-order chi connectivity index (χ0) is 13.8. The minimum Gasteiger partial charge on any atom is -0.306 e. The molecule has 1 nitrogen and oxygen atoms in total. The zero-order valence-corrected chi connectivity index (χ0v) is 13.4. The molecule has 1 unspecified atom stereocenters. The second-order valence-electron chi connectivity index (χ2n) is 4.54. The summed E-state index contributed by atoms with van der Waals surface area (Å²) in [6, 6.07) is 7.31. The van der Waals surface area contributed by atoms with Gasteiger partial charge in [-0.25, -0.2) is 4.39 Å². The van der Waals surface area contributed by atoms with Gasteiger partial charge >= 0.3 is 0 Å². The summed E-state index contributed by atoms with van der Waals surface area (Å²) >= 11 is 5.00. The van der Waals surface area contributed by atoms with Crippen molar-refractivity contribution in [3.05, 3.63) is 55.9 Å². The number of rotatable bonds is 5. The molecule has 1 N–H and O–H groups in total. The van der Waals surface area contributed by atoms with Crippen LogP contribution in [0.25, 0.3) is 0 Å². The van der Waals surface area contributed by atoms with Crippen LogP contribution in [0.15, 0.2) is 34.1 Å². The predicted octanol–water partition coefficient (Wildman–Crippen LogP) is 5.05. The highest BCUT2D eigenvalue weighted by Gasteiger charge is 2.18. The summed E-state index contributed by atoms with van der Waals surface area (Å²) in [5, 5.41) is 5.53. The molecule has 0 spiro atoms. The highest BCUT2D eigenvalue weighted by molar-refractivity contribution is 9.10. The van der Waals surface area contributed by atoms with Crippen LogP contribution in [0, 0.1) is 12.7 Å². The highest BCUT2D eigenvalue weighted by atomic mass is 79.9. The molecule has 1 atom stereocenters. The van der Waals surface area contributed by atoms with Crippen LogP contribution in [0.5, 0.6) is 0 Å². The molecule has 0 saturated heterocycles.